The zero-order chi connectivity index (χ0) is 27.1. The van der Waals surface area contributed by atoms with Gasteiger partial charge in [-0.3, -0.25) is 9.48 Å². The van der Waals surface area contributed by atoms with Gasteiger partial charge in [-0.15, -0.1) is 0 Å². The first-order valence-electron chi connectivity index (χ1n) is 11.6. The maximum atomic E-state index is 13.3. The summed E-state index contributed by atoms with van der Waals surface area (Å²) < 4.78 is 47.0. The number of nitrogens with one attached hydrogen (secondary N) is 2. The fraction of sp³-hybridized carbons (Fsp3) is 0.269. The van der Waals surface area contributed by atoms with E-state index in [1.54, 1.807) is 37.2 Å². The van der Waals surface area contributed by atoms with Crippen LogP contribution in [0.25, 0.3) is 11.0 Å². The molecular formula is C26H25F2N5O4S. The van der Waals surface area contributed by atoms with Crippen molar-refractivity contribution in [3.8, 4) is 23.3 Å². The van der Waals surface area contributed by atoms with Gasteiger partial charge in [-0.05, 0) is 66.6 Å². The highest BCUT2D eigenvalue weighted by Gasteiger charge is 2.20. The van der Waals surface area contributed by atoms with Crippen LogP contribution in [0.15, 0.2) is 52.1 Å². The summed E-state index contributed by atoms with van der Waals surface area (Å²) in [6.07, 6.45) is 4.18. The molecule has 2 N–H and O–H groups in total. The molecule has 0 atom stereocenters. The van der Waals surface area contributed by atoms with E-state index in [1.807, 2.05) is 25.1 Å². The van der Waals surface area contributed by atoms with E-state index in [0.29, 0.717) is 11.3 Å². The van der Waals surface area contributed by atoms with Crippen molar-refractivity contribution in [1.82, 2.24) is 20.3 Å². The molecule has 4 aromatic rings. The summed E-state index contributed by atoms with van der Waals surface area (Å²) in [6.45, 7) is 1.08. The van der Waals surface area contributed by atoms with Crippen molar-refractivity contribution < 1.29 is 27.6 Å². The number of aryl methyl sites for hydroxylation is 1. The Morgan fingerprint density at radius 1 is 1.21 bits per heavy atom. The number of benzene rings is 2. The lowest BCUT2D eigenvalue weighted by atomic mass is 10.1. The van der Waals surface area contributed by atoms with Crippen LogP contribution in [0.1, 0.15) is 30.5 Å². The van der Waals surface area contributed by atoms with Crippen molar-refractivity contribution >= 4 is 34.6 Å². The van der Waals surface area contributed by atoms with Gasteiger partial charge < -0.3 is 24.0 Å². The molecule has 0 bridgehead atoms. The molecule has 0 unspecified atom stereocenters. The minimum Gasteiger partial charge on any atom is -0.496 e. The Balaban J connectivity index is 1.55. The van der Waals surface area contributed by atoms with Gasteiger partial charge in [0, 0.05) is 18.3 Å². The van der Waals surface area contributed by atoms with Crippen LogP contribution in [-0.2, 0) is 24.3 Å². The number of carbonyl (C=O) groups is 1. The lowest BCUT2D eigenvalue weighted by molar-refractivity contribution is -0.115. The molecule has 0 saturated heterocycles. The maximum absolute atomic E-state index is 13.3. The van der Waals surface area contributed by atoms with Gasteiger partial charge in [0.15, 0.2) is 11.4 Å². The smallest absolute Gasteiger partial charge is 0.387 e. The van der Waals surface area contributed by atoms with Crippen LogP contribution in [0.2, 0.25) is 0 Å². The summed E-state index contributed by atoms with van der Waals surface area (Å²) in [7, 11) is 1.58. The number of halogens is 2. The lowest BCUT2D eigenvalue weighted by Gasteiger charge is -2.11. The molecule has 0 spiro atoms. The van der Waals surface area contributed by atoms with Crippen LogP contribution in [0.3, 0.4) is 0 Å². The molecule has 2 aromatic carbocycles. The number of anilines is 1. The molecule has 0 saturated carbocycles. The molecule has 0 fully saturated rings. The molecule has 0 aliphatic heterocycles. The second kappa shape index (κ2) is 12.3. The van der Waals surface area contributed by atoms with Crippen molar-refractivity contribution in [2.75, 3.05) is 11.8 Å². The quantitative estimate of drug-likeness (QED) is 0.202. The van der Waals surface area contributed by atoms with Gasteiger partial charge in [0.1, 0.15) is 16.9 Å². The number of hydrogen-bond acceptors (Lipinski definition) is 8. The second-order valence-electron chi connectivity index (χ2n) is 8.02. The molecule has 0 aliphatic carbocycles. The van der Waals surface area contributed by atoms with E-state index in [9.17, 15) is 13.6 Å². The Morgan fingerprint density at radius 2 is 2.05 bits per heavy atom. The minimum absolute atomic E-state index is 0.0797. The van der Waals surface area contributed by atoms with E-state index in [0.717, 1.165) is 22.4 Å². The fourth-order valence-corrected chi connectivity index (χ4v) is 4.48. The highest BCUT2D eigenvalue weighted by atomic mass is 32.2. The molecule has 1 amide bonds. The highest BCUT2D eigenvalue weighted by Crippen LogP contribution is 2.38. The summed E-state index contributed by atoms with van der Waals surface area (Å²) in [4.78, 5) is 12.3. The number of nitrogens with zero attached hydrogens (tertiary/aromatic N) is 3. The van der Waals surface area contributed by atoms with Crippen LogP contribution in [0, 0.1) is 11.8 Å². The average molecular weight is 542 g/mol. The van der Waals surface area contributed by atoms with Crippen LogP contribution in [-0.4, -0.2) is 34.6 Å². The van der Waals surface area contributed by atoms with E-state index in [1.165, 1.54) is 18.0 Å². The number of fused-ring (bicyclic) bond motifs is 1. The minimum atomic E-state index is -3.05. The molecule has 9 nitrogen and oxygen atoms in total. The van der Waals surface area contributed by atoms with E-state index >= 15 is 0 Å². The van der Waals surface area contributed by atoms with Gasteiger partial charge in [-0.25, -0.2) is 0 Å². The van der Waals surface area contributed by atoms with Crippen molar-refractivity contribution in [1.29, 1.82) is 0 Å². The second-order valence-corrected chi connectivity index (χ2v) is 8.87. The summed E-state index contributed by atoms with van der Waals surface area (Å²) >= 11 is 1.23. The Bertz CT molecular complexity index is 1490. The molecule has 198 valence electrons. The molecule has 38 heavy (non-hydrogen) atoms. The Labute approximate surface area is 222 Å². The Hall–Kier alpha value is -4.24. The van der Waals surface area contributed by atoms with E-state index < -0.39 is 6.61 Å². The molecule has 0 aliphatic rings. The predicted molar refractivity (Wildman–Crippen MR) is 139 cm³/mol. The van der Waals surface area contributed by atoms with Crippen LogP contribution < -0.4 is 19.5 Å². The Morgan fingerprint density at radius 3 is 2.79 bits per heavy atom. The predicted octanol–water partition coefficient (Wildman–Crippen LogP) is 5.00. The summed E-state index contributed by atoms with van der Waals surface area (Å²) in [6, 6.07) is 9.02. The average Bonchev–Trinajstić information content (AvgIpc) is 3.52. The largest absolute Gasteiger partial charge is 0.496 e. The standard InChI is InChI=1S/C26H25F2N5O4S/c1-4-6-23(34)29-12-18-13-30-33(15-18)14-17-9-20(36-26(27)28)24-21(10-17)37-31-25(24)32-38-22-11-16(5-2)7-8-19(22)35-3/h7-11,13,15,26H,5,12,14H2,1-3H3,(H,29,34)(H,31,32). The van der Waals surface area contributed by atoms with Crippen LogP contribution >= 0.6 is 11.9 Å². The zero-order valence-corrected chi connectivity index (χ0v) is 21.7. The highest BCUT2D eigenvalue weighted by molar-refractivity contribution is 8.00. The van der Waals surface area contributed by atoms with Crippen LogP contribution in [0.5, 0.6) is 11.5 Å². The number of hydrogen-bond donors (Lipinski definition) is 2. The maximum Gasteiger partial charge on any atom is 0.387 e. The van der Waals surface area contributed by atoms with Crippen molar-refractivity contribution in [2.45, 2.75) is 44.9 Å². The monoisotopic (exact) mass is 541 g/mol. The first kappa shape index (κ1) is 26.8. The van der Waals surface area contributed by atoms with Gasteiger partial charge >= 0.3 is 6.61 Å². The third-order valence-corrected chi connectivity index (χ3v) is 6.27. The third-order valence-electron chi connectivity index (χ3n) is 5.43. The number of rotatable bonds is 11. The van der Waals surface area contributed by atoms with Gasteiger partial charge in [0.2, 0.25) is 0 Å². The van der Waals surface area contributed by atoms with Crippen molar-refractivity contribution in [2.24, 2.45) is 0 Å². The molecule has 2 aromatic heterocycles. The summed E-state index contributed by atoms with van der Waals surface area (Å²) in [5.74, 6) is 5.37. The van der Waals surface area contributed by atoms with Gasteiger partial charge in [-0.1, -0.05) is 24.1 Å². The van der Waals surface area contributed by atoms with Crippen LogP contribution in [0.4, 0.5) is 14.6 Å². The number of carbonyl (C=O) groups excluding carboxylic acids is 1. The zero-order valence-electron chi connectivity index (χ0n) is 20.9. The SMILES string of the molecule is CC#CC(=O)NCc1cnn(Cc2cc(OC(F)F)c3c(NSc4cc(CC)ccc4OC)noc3c2)c1. The number of alkyl halides is 2. The van der Waals surface area contributed by atoms with Crippen molar-refractivity contribution in [3.05, 3.63) is 59.4 Å². The number of aromatic nitrogens is 3. The van der Waals surface area contributed by atoms with Gasteiger partial charge in [0.25, 0.3) is 5.91 Å². The molecule has 0 radical (unpaired) electrons. The first-order valence-corrected chi connectivity index (χ1v) is 12.4. The lowest BCUT2D eigenvalue weighted by Crippen LogP contribution is -2.20. The van der Waals surface area contributed by atoms with E-state index in [4.69, 9.17) is 14.0 Å². The Kier molecular flexibility index (Phi) is 8.70. The molecular weight excluding hydrogens is 516 g/mol. The summed E-state index contributed by atoms with van der Waals surface area (Å²) in [5, 5.41) is 11.3. The number of methoxy groups -OCH3 is 1. The van der Waals surface area contributed by atoms with Gasteiger partial charge in [-0.2, -0.15) is 13.9 Å². The first-order chi connectivity index (χ1) is 18.4. The normalized spacial score (nSPS) is 10.8. The third kappa shape index (κ3) is 6.54. The van der Waals surface area contributed by atoms with E-state index in [2.05, 4.69) is 32.1 Å². The number of amides is 1. The van der Waals surface area contributed by atoms with E-state index in [-0.39, 0.29) is 41.5 Å². The topological polar surface area (TPSA) is 103 Å². The number of ether oxygens (including phenoxy) is 2. The fourth-order valence-electron chi connectivity index (χ4n) is 3.68. The molecule has 12 heteroatoms. The van der Waals surface area contributed by atoms with Crippen molar-refractivity contribution in [3.63, 3.8) is 0 Å². The summed E-state index contributed by atoms with van der Waals surface area (Å²) in [5.41, 5.74) is 2.75. The van der Waals surface area contributed by atoms with Gasteiger partial charge in [0.05, 0.1) is 24.7 Å². The molecule has 2 heterocycles. The molecule has 4 rings (SSSR count).